The van der Waals surface area contributed by atoms with E-state index in [0.717, 1.165) is 28.2 Å². The molecule has 0 amide bonds. The van der Waals surface area contributed by atoms with Gasteiger partial charge in [-0.1, -0.05) is 12.1 Å². The van der Waals surface area contributed by atoms with Crippen LogP contribution in [0.25, 0.3) is 28.2 Å². The molecule has 0 N–H and O–H groups in total. The first-order valence-electron chi connectivity index (χ1n) is 8.53. The first-order valence-corrected chi connectivity index (χ1v) is 9.41. The first kappa shape index (κ1) is 14.7. The summed E-state index contributed by atoms with van der Waals surface area (Å²) >= 11 is 1.49. The molecule has 1 saturated heterocycles. The van der Waals surface area contributed by atoms with Gasteiger partial charge in [0.2, 0.25) is 0 Å². The fraction of sp³-hybridized carbons (Fsp3) is 0.200. The number of aromatic nitrogens is 3. The van der Waals surface area contributed by atoms with Crippen LogP contribution < -0.4 is 4.90 Å². The largest absolute Gasteiger partial charge is 0.372 e. The summed E-state index contributed by atoms with van der Waals surface area (Å²) in [7, 11) is 0. The van der Waals surface area contributed by atoms with E-state index >= 15 is 0 Å². The van der Waals surface area contributed by atoms with Gasteiger partial charge in [-0.2, -0.15) is 0 Å². The minimum atomic E-state index is 0.946. The highest BCUT2D eigenvalue weighted by Gasteiger charge is 2.12. The second kappa shape index (κ2) is 6.01. The average molecular weight is 345 g/mol. The molecule has 5 heteroatoms. The number of fused-ring (bicyclic) bond motifs is 1. The molecule has 1 aromatic carbocycles. The van der Waals surface area contributed by atoms with Crippen molar-refractivity contribution >= 4 is 22.7 Å². The van der Waals surface area contributed by atoms with Crippen molar-refractivity contribution in [1.82, 2.24) is 14.4 Å². The quantitative estimate of drug-likeness (QED) is 0.547. The maximum atomic E-state index is 4.76. The summed E-state index contributed by atoms with van der Waals surface area (Å²) < 4.78 is 2.07. The normalized spacial score (nSPS) is 14.5. The molecule has 0 bridgehead atoms. The van der Waals surface area contributed by atoms with E-state index in [2.05, 4.69) is 62.5 Å². The Morgan fingerprint density at radius 1 is 0.880 bits per heavy atom. The van der Waals surface area contributed by atoms with Gasteiger partial charge in [0.25, 0.3) is 0 Å². The Morgan fingerprint density at radius 2 is 1.68 bits per heavy atom. The minimum Gasteiger partial charge on any atom is -0.372 e. The van der Waals surface area contributed by atoms with Crippen LogP contribution in [0, 0.1) is 5.51 Å². The summed E-state index contributed by atoms with van der Waals surface area (Å²) in [6, 6.07) is 12.9. The van der Waals surface area contributed by atoms with Crippen LogP contribution in [0.1, 0.15) is 12.8 Å². The molecule has 1 aliphatic rings. The molecule has 25 heavy (non-hydrogen) atoms. The lowest BCUT2D eigenvalue weighted by Gasteiger charge is -2.17. The number of anilines is 1. The Hall–Kier alpha value is -2.66. The Balaban J connectivity index is 1.48. The fourth-order valence-electron chi connectivity index (χ4n) is 3.42. The summed E-state index contributed by atoms with van der Waals surface area (Å²) in [5.41, 5.74) is 9.34. The van der Waals surface area contributed by atoms with E-state index in [1.807, 2.05) is 11.4 Å². The number of pyridine rings is 1. The highest BCUT2D eigenvalue weighted by molar-refractivity contribution is 7.07. The van der Waals surface area contributed by atoms with Gasteiger partial charge in [0.1, 0.15) is 5.65 Å². The maximum absolute atomic E-state index is 4.76. The summed E-state index contributed by atoms with van der Waals surface area (Å²) in [5.74, 6) is 0. The third kappa shape index (κ3) is 2.70. The van der Waals surface area contributed by atoms with Gasteiger partial charge in [0.05, 0.1) is 11.4 Å². The molecule has 3 aromatic heterocycles. The summed E-state index contributed by atoms with van der Waals surface area (Å²) in [6.45, 7) is 2.34. The Kier molecular flexibility index (Phi) is 3.52. The smallest absolute Gasteiger partial charge is 0.152 e. The lowest BCUT2D eigenvalue weighted by atomic mass is 10.1. The standard InChI is InChI=1S/C20H17N4S/c1-2-10-23(9-1)17-6-3-15(4-7-17)18-12-24-11-16(5-8-20(24)22-18)19-13-25-14-21-19/h3-8,11-13H,1-2,9-10H2. The molecule has 1 aliphatic heterocycles. The molecule has 1 fully saturated rings. The van der Waals surface area contributed by atoms with Gasteiger partial charge in [-0.3, -0.25) is 0 Å². The predicted octanol–water partition coefficient (Wildman–Crippen LogP) is 4.53. The summed E-state index contributed by atoms with van der Waals surface area (Å²) in [4.78, 5) is 11.5. The van der Waals surface area contributed by atoms with Crippen molar-refractivity contribution in [1.29, 1.82) is 0 Å². The second-order valence-electron chi connectivity index (χ2n) is 6.37. The van der Waals surface area contributed by atoms with Crippen LogP contribution in [0.4, 0.5) is 5.69 Å². The Bertz CT molecular complexity index is 996. The van der Waals surface area contributed by atoms with Gasteiger partial charge in [-0.05, 0) is 37.1 Å². The van der Waals surface area contributed by atoms with Crippen LogP contribution in [0.2, 0.25) is 0 Å². The molecule has 0 spiro atoms. The van der Waals surface area contributed by atoms with E-state index < -0.39 is 0 Å². The van der Waals surface area contributed by atoms with Crippen LogP contribution in [0.15, 0.2) is 54.2 Å². The van der Waals surface area contributed by atoms with Gasteiger partial charge in [0, 0.05) is 47.7 Å². The molecule has 0 saturated carbocycles. The van der Waals surface area contributed by atoms with Crippen molar-refractivity contribution in [3.8, 4) is 22.5 Å². The maximum Gasteiger partial charge on any atom is 0.152 e. The van der Waals surface area contributed by atoms with Gasteiger partial charge < -0.3 is 9.30 Å². The summed E-state index contributed by atoms with van der Waals surface area (Å²) in [5, 5.41) is 2.01. The summed E-state index contributed by atoms with van der Waals surface area (Å²) in [6.07, 6.45) is 6.76. The van der Waals surface area contributed by atoms with Crippen LogP contribution in [-0.2, 0) is 0 Å². The molecule has 0 atom stereocenters. The van der Waals surface area contributed by atoms with E-state index in [0.29, 0.717) is 0 Å². The zero-order chi connectivity index (χ0) is 16.6. The van der Waals surface area contributed by atoms with E-state index in [-0.39, 0.29) is 0 Å². The highest BCUT2D eigenvalue weighted by atomic mass is 32.1. The van der Waals surface area contributed by atoms with Gasteiger partial charge in [0.15, 0.2) is 5.51 Å². The average Bonchev–Trinajstić information content (AvgIpc) is 3.42. The van der Waals surface area contributed by atoms with Gasteiger partial charge >= 0.3 is 0 Å². The van der Waals surface area contributed by atoms with E-state index in [1.165, 1.54) is 43.0 Å². The number of nitrogens with zero attached hydrogens (tertiary/aromatic N) is 4. The third-order valence-electron chi connectivity index (χ3n) is 4.77. The van der Waals surface area contributed by atoms with E-state index in [1.54, 1.807) is 0 Å². The molecule has 4 nitrogen and oxygen atoms in total. The van der Waals surface area contributed by atoms with Crippen molar-refractivity contribution in [2.75, 3.05) is 18.0 Å². The number of hydrogen-bond acceptors (Lipinski definition) is 4. The van der Waals surface area contributed by atoms with Crippen LogP contribution >= 0.6 is 11.3 Å². The van der Waals surface area contributed by atoms with Crippen molar-refractivity contribution in [3.63, 3.8) is 0 Å². The zero-order valence-corrected chi connectivity index (χ0v) is 14.5. The molecule has 4 heterocycles. The van der Waals surface area contributed by atoms with Crippen molar-refractivity contribution < 1.29 is 0 Å². The minimum absolute atomic E-state index is 0.946. The Labute approximate surface area is 150 Å². The zero-order valence-electron chi connectivity index (χ0n) is 13.7. The van der Waals surface area contributed by atoms with E-state index in [4.69, 9.17) is 4.98 Å². The molecule has 0 unspecified atom stereocenters. The predicted molar refractivity (Wildman–Crippen MR) is 102 cm³/mol. The van der Waals surface area contributed by atoms with E-state index in [9.17, 15) is 0 Å². The SMILES string of the molecule is [c]1nc(-c2ccc3nc(-c4ccc(N5CCCC5)cc4)cn3c2)cs1. The van der Waals surface area contributed by atoms with Crippen molar-refractivity contribution in [2.24, 2.45) is 0 Å². The lowest BCUT2D eigenvalue weighted by Crippen LogP contribution is -2.17. The molecular weight excluding hydrogens is 328 g/mol. The second-order valence-corrected chi connectivity index (χ2v) is 7.03. The van der Waals surface area contributed by atoms with Gasteiger partial charge in [-0.25, -0.2) is 9.97 Å². The van der Waals surface area contributed by atoms with Crippen molar-refractivity contribution in [2.45, 2.75) is 12.8 Å². The van der Waals surface area contributed by atoms with Crippen LogP contribution in [0.3, 0.4) is 0 Å². The monoisotopic (exact) mass is 345 g/mol. The first-order chi connectivity index (χ1) is 12.4. The molecular formula is C20H17N4S. The van der Waals surface area contributed by atoms with Crippen molar-refractivity contribution in [3.05, 3.63) is 59.7 Å². The number of benzene rings is 1. The van der Waals surface area contributed by atoms with Crippen LogP contribution in [0.5, 0.6) is 0 Å². The molecule has 0 aliphatic carbocycles. The fourth-order valence-corrected chi connectivity index (χ4v) is 3.92. The Morgan fingerprint density at radius 3 is 2.44 bits per heavy atom. The number of thiazole rings is 1. The lowest BCUT2D eigenvalue weighted by molar-refractivity contribution is 0.949. The molecule has 123 valence electrons. The van der Waals surface area contributed by atoms with Crippen LogP contribution in [-0.4, -0.2) is 27.5 Å². The number of hydrogen-bond donors (Lipinski definition) is 0. The highest BCUT2D eigenvalue weighted by Crippen LogP contribution is 2.26. The van der Waals surface area contributed by atoms with Gasteiger partial charge in [-0.15, -0.1) is 11.3 Å². The number of rotatable bonds is 3. The third-order valence-corrected chi connectivity index (χ3v) is 5.31. The molecule has 1 radical (unpaired) electrons. The molecule has 4 aromatic rings. The number of imidazole rings is 1. The topological polar surface area (TPSA) is 33.4 Å². The molecule has 5 rings (SSSR count).